The summed E-state index contributed by atoms with van der Waals surface area (Å²) in [5, 5.41) is 0. The first-order valence-electron chi connectivity index (χ1n) is 10.5. The zero-order chi connectivity index (χ0) is 21.2. The summed E-state index contributed by atoms with van der Waals surface area (Å²) in [5.74, 6) is 0.367. The van der Waals surface area contributed by atoms with Gasteiger partial charge < -0.3 is 0 Å². The van der Waals surface area contributed by atoms with Gasteiger partial charge in [-0.3, -0.25) is 0 Å². The van der Waals surface area contributed by atoms with Crippen LogP contribution in [0.15, 0.2) is 74.6 Å². The molecular formula is C26H31FSiZr. The van der Waals surface area contributed by atoms with Gasteiger partial charge in [0.15, 0.2) is 0 Å². The Balaban J connectivity index is 1.93. The third-order valence-corrected chi connectivity index (χ3v) is 24.9. The summed E-state index contributed by atoms with van der Waals surface area (Å²) in [6.07, 6.45) is 2.52. The first kappa shape index (κ1) is 20.9. The van der Waals surface area contributed by atoms with E-state index in [-0.39, 0.29) is 5.82 Å². The minimum absolute atomic E-state index is 0.178. The van der Waals surface area contributed by atoms with Crippen molar-refractivity contribution in [1.82, 2.24) is 0 Å². The van der Waals surface area contributed by atoms with Crippen molar-refractivity contribution in [2.45, 2.75) is 40.6 Å². The van der Waals surface area contributed by atoms with Crippen molar-refractivity contribution in [1.29, 1.82) is 0 Å². The van der Waals surface area contributed by atoms with Gasteiger partial charge >= 0.3 is 178 Å². The van der Waals surface area contributed by atoms with Gasteiger partial charge in [0.25, 0.3) is 0 Å². The quantitative estimate of drug-likeness (QED) is 0.418. The zero-order valence-electron chi connectivity index (χ0n) is 18.4. The molecule has 29 heavy (non-hydrogen) atoms. The predicted molar refractivity (Wildman–Crippen MR) is 123 cm³/mol. The molecule has 0 spiro atoms. The van der Waals surface area contributed by atoms with Crippen molar-refractivity contribution in [3.63, 3.8) is 0 Å². The van der Waals surface area contributed by atoms with Crippen LogP contribution < -0.4 is 0 Å². The third-order valence-electron chi connectivity index (χ3n) is 7.60. The molecule has 0 aliphatic heterocycles. The van der Waals surface area contributed by atoms with E-state index in [2.05, 4.69) is 74.2 Å². The molecule has 0 heterocycles. The Labute approximate surface area is 177 Å². The average molecular weight is 482 g/mol. The number of fused-ring (bicyclic) bond motifs is 1. The second-order valence-corrected chi connectivity index (χ2v) is 39.6. The van der Waals surface area contributed by atoms with Crippen molar-refractivity contribution in [2.75, 3.05) is 0 Å². The van der Waals surface area contributed by atoms with Crippen LogP contribution in [0.1, 0.15) is 48.0 Å². The van der Waals surface area contributed by atoms with Gasteiger partial charge in [0, 0.05) is 0 Å². The second-order valence-electron chi connectivity index (χ2n) is 10.0. The minimum atomic E-state index is -3.37. The maximum absolute atomic E-state index is 13.5. The third kappa shape index (κ3) is 3.17. The summed E-state index contributed by atoms with van der Waals surface area (Å²) in [4.78, 5) is 0. The molecule has 0 N–H and O–H groups in total. The average Bonchev–Trinajstić information content (AvgIpc) is 3.16. The second kappa shape index (κ2) is 6.86. The van der Waals surface area contributed by atoms with E-state index in [1.807, 2.05) is 12.1 Å². The molecule has 2 aromatic rings. The number of benzene rings is 2. The standard InChI is InChI=1S/C15H10F.C9H13.2CH3.H2Si.Zr/c16-13-8-5-12(6-9-13)15-10-7-11-3-1-2-4-14(11)15;1-6-5-7(2)9(4)8(6)3;;;;/h1-10H;6H,1-4H3;2*1H3;1H2;. The molecule has 0 bridgehead atoms. The predicted octanol–water partition coefficient (Wildman–Crippen LogP) is 6.91. The van der Waals surface area contributed by atoms with Gasteiger partial charge in [-0.05, 0) is 0 Å². The normalized spacial score (nSPS) is 22.3. The van der Waals surface area contributed by atoms with Gasteiger partial charge in [-0.25, -0.2) is 0 Å². The first-order chi connectivity index (χ1) is 13.5. The van der Waals surface area contributed by atoms with Crippen LogP contribution in [0.5, 0.6) is 0 Å². The molecule has 0 radical (unpaired) electrons. The Kier molecular flexibility index (Phi) is 4.95. The molecule has 150 valence electrons. The number of hydrogen-bond acceptors (Lipinski definition) is 0. The molecule has 2 unspecified atom stereocenters. The fourth-order valence-corrected chi connectivity index (χ4v) is 24.4. The molecular weight excluding hydrogens is 451 g/mol. The molecule has 0 saturated carbocycles. The van der Waals surface area contributed by atoms with Crippen molar-refractivity contribution >= 4 is 12.5 Å². The Hall–Kier alpha value is -1.31. The zero-order valence-corrected chi connectivity index (χ0v) is 22.3. The van der Waals surface area contributed by atoms with Gasteiger partial charge in [0.05, 0.1) is 0 Å². The van der Waals surface area contributed by atoms with E-state index in [1.165, 1.54) is 22.3 Å². The van der Waals surface area contributed by atoms with Gasteiger partial charge in [-0.2, -0.15) is 0 Å². The van der Waals surface area contributed by atoms with Crippen LogP contribution in [0.2, 0.25) is 9.26 Å². The van der Waals surface area contributed by atoms with E-state index in [0.29, 0.717) is 9.54 Å². The molecule has 0 saturated heterocycles. The monoisotopic (exact) mass is 480 g/mol. The molecule has 2 aliphatic rings. The van der Waals surface area contributed by atoms with Crippen LogP contribution in [0.3, 0.4) is 0 Å². The topological polar surface area (TPSA) is 0 Å². The van der Waals surface area contributed by atoms with Crippen LogP contribution in [0.25, 0.3) is 5.57 Å². The Morgan fingerprint density at radius 3 is 2.10 bits per heavy atom. The summed E-state index contributed by atoms with van der Waals surface area (Å²) in [5.41, 5.74) is 9.76. The van der Waals surface area contributed by atoms with E-state index in [4.69, 9.17) is 0 Å². The van der Waals surface area contributed by atoms with Gasteiger partial charge in [0.2, 0.25) is 0 Å². The van der Waals surface area contributed by atoms with Gasteiger partial charge in [0.1, 0.15) is 0 Å². The van der Waals surface area contributed by atoms with Crippen LogP contribution in [-0.2, 0) is 17.4 Å². The summed E-state index contributed by atoms with van der Waals surface area (Å²) in [6.45, 7) is 11.7. The molecule has 0 fully saturated rings. The van der Waals surface area contributed by atoms with E-state index in [0.717, 1.165) is 5.56 Å². The SMILES string of the molecule is CC1=C(C)C(C)[C]([Zr]([CH3])([CH3])(=[SiH2])[CH]2C=C(c3ccc(F)cc3)c3ccccc32)=C1C. The molecule has 0 nitrogen and oxygen atoms in total. The van der Waals surface area contributed by atoms with Crippen LogP contribution in [0.4, 0.5) is 4.39 Å². The Morgan fingerprint density at radius 2 is 1.52 bits per heavy atom. The van der Waals surface area contributed by atoms with E-state index >= 15 is 0 Å². The fraction of sp³-hybridized carbons (Fsp3) is 0.308. The van der Waals surface area contributed by atoms with Crippen LogP contribution in [-0.4, -0.2) is 6.88 Å². The molecule has 4 rings (SSSR count). The van der Waals surface area contributed by atoms with Crippen molar-refractivity contribution in [2.24, 2.45) is 5.92 Å². The molecule has 2 aromatic carbocycles. The molecule has 2 aliphatic carbocycles. The number of halogens is 1. The summed E-state index contributed by atoms with van der Waals surface area (Å²) < 4.78 is 21.0. The van der Waals surface area contributed by atoms with E-state index in [1.54, 1.807) is 26.6 Å². The molecule has 0 amide bonds. The van der Waals surface area contributed by atoms with Crippen LogP contribution in [0, 0.1) is 11.7 Å². The van der Waals surface area contributed by atoms with Gasteiger partial charge in [-0.1, -0.05) is 0 Å². The number of hydrogen-bond donors (Lipinski definition) is 0. The fourth-order valence-electron chi connectivity index (χ4n) is 5.87. The number of rotatable bonds is 3. The van der Waals surface area contributed by atoms with Crippen molar-refractivity contribution in [3.05, 3.63) is 97.1 Å². The Bertz CT molecular complexity index is 1170. The molecule has 3 heteroatoms. The first-order valence-corrected chi connectivity index (χ1v) is 24.0. The summed E-state index contributed by atoms with van der Waals surface area (Å²) in [7, 11) is 0. The van der Waals surface area contributed by atoms with Crippen molar-refractivity contribution in [3.8, 4) is 0 Å². The Morgan fingerprint density at radius 1 is 0.897 bits per heavy atom. The summed E-state index contributed by atoms with van der Waals surface area (Å²) >= 11 is -3.37. The number of allylic oxidation sites excluding steroid dienone is 5. The van der Waals surface area contributed by atoms with E-state index < -0.39 is 17.4 Å². The van der Waals surface area contributed by atoms with Gasteiger partial charge in [-0.15, -0.1) is 0 Å². The summed E-state index contributed by atoms with van der Waals surface area (Å²) in [6, 6.07) is 15.9. The molecule has 0 aromatic heterocycles. The van der Waals surface area contributed by atoms with E-state index in [9.17, 15) is 4.39 Å². The van der Waals surface area contributed by atoms with Crippen molar-refractivity contribution < 1.29 is 21.8 Å². The maximum atomic E-state index is 13.5. The van der Waals surface area contributed by atoms with Crippen LogP contribution >= 0.6 is 0 Å². The molecule has 2 atom stereocenters.